The van der Waals surface area contributed by atoms with Crippen molar-refractivity contribution in [2.24, 2.45) is 5.73 Å². The van der Waals surface area contributed by atoms with Crippen LogP contribution >= 0.6 is 0 Å². The normalized spacial score (nSPS) is 22.4. The Balaban J connectivity index is 0.727. The zero-order chi connectivity index (χ0) is 59.3. The lowest BCUT2D eigenvalue weighted by Crippen LogP contribution is -2.60. The molecule has 9 atom stereocenters. The van der Waals surface area contributed by atoms with Crippen LogP contribution in [-0.2, 0) is 84.2 Å². The summed E-state index contributed by atoms with van der Waals surface area (Å²) < 4.78 is 29.2. The maximum Gasteiger partial charge on any atom is 0.343 e. The van der Waals surface area contributed by atoms with Crippen molar-refractivity contribution in [1.82, 2.24) is 46.8 Å². The number of nitrogens with zero attached hydrogens (tertiary/aromatic N) is 2. The summed E-state index contributed by atoms with van der Waals surface area (Å²) >= 11 is 0. The molecule has 0 radical (unpaired) electrons. The fourth-order valence-corrected chi connectivity index (χ4v) is 10.7. The number of aryl methyl sites for hydroxylation is 1. The Morgan fingerprint density at radius 3 is 2.30 bits per heavy atom. The highest BCUT2D eigenvalue weighted by Gasteiger charge is 2.47. The third-order valence-corrected chi connectivity index (χ3v) is 15.2. The van der Waals surface area contributed by atoms with Gasteiger partial charge in [-0.25, -0.2) is 9.78 Å². The standard InChI is InChI=1S/C54H64N10O19/c1-2-54(78)29-13-34-45-27(19-64(34)52(76)28(29)21-80-53(54)77)44-31(10-8-26-43(44)32(63-45)14-35-49(26)82-24-81-35)61-42(70)22-79-23-60-40(68)17-59-51(75)33(12-25-6-4-3-5-7-25)62-41(69)18-57-39(67)16-58-50(74)30(55)9-11-38(66)56-15-36-46(71)48(73)47(72)37(20-65)83-36/h3-7,13-14,30-31,33,36-37,46-48,65,71-73,78H,2,8-12,15-24,55H2,1H3,(H,56,66)(H,57,67)(H,58,74)(H,59,75)(H,60,68)(H,61,70)(H,62,69)/t30-,31-,33-,36-,37+,46-,47+,48+,54-/m0/s1. The van der Waals surface area contributed by atoms with Crippen LogP contribution in [-0.4, -0.2) is 178 Å². The molecule has 83 heavy (non-hydrogen) atoms. The van der Waals surface area contributed by atoms with Crippen LogP contribution in [0, 0.1) is 0 Å². The molecule has 1 aliphatic carbocycles. The monoisotopic (exact) mass is 1160 g/mol. The lowest BCUT2D eigenvalue weighted by molar-refractivity contribution is -0.227. The van der Waals surface area contributed by atoms with E-state index in [2.05, 4.69) is 37.2 Å². The van der Waals surface area contributed by atoms with Crippen molar-refractivity contribution in [2.75, 3.05) is 52.9 Å². The predicted octanol–water partition coefficient (Wildman–Crippen LogP) is -4.86. The summed E-state index contributed by atoms with van der Waals surface area (Å²) in [6.07, 6.45) is -6.62. The molecular weight excluding hydrogens is 1090 g/mol. The Morgan fingerprint density at radius 1 is 0.831 bits per heavy atom. The molecule has 29 nitrogen and oxygen atoms in total. The number of carbonyl (C=O) groups excluding carboxylic acids is 8. The van der Waals surface area contributed by atoms with Gasteiger partial charge in [0.15, 0.2) is 17.1 Å². The molecule has 29 heteroatoms. The van der Waals surface area contributed by atoms with Gasteiger partial charge in [-0.15, -0.1) is 0 Å². The number of ether oxygens (including phenoxy) is 5. The molecule has 0 bridgehead atoms. The summed E-state index contributed by atoms with van der Waals surface area (Å²) in [5, 5.41) is 69.1. The molecule has 4 aromatic rings. The molecule has 2 aromatic carbocycles. The van der Waals surface area contributed by atoms with Crippen LogP contribution in [0.2, 0.25) is 0 Å². The van der Waals surface area contributed by atoms with Gasteiger partial charge in [-0.05, 0) is 42.9 Å². The molecule has 2 aromatic heterocycles. The molecule has 444 valence electrons. The Labute approximate surface area is 471 Å². The second-order valence-corrected chi connectivity index (χ2v) is 20.5. The van der Waals surface area contributed by atoms with Crippen molar-refractivity contribution < 1.29 is 87.6 Å². The molecule has 5 aliphatic rings. The Hall–Kier alpha value is -8.16. The first kappa shape index (κ1) is 59.5. The van der Waals surface area contributed by atoms with E-state index in [-0.39, 0.29) is 63.3 Å². The average molecular weight is 1160 g/mol. The molecule has 4 aliphatic heterocycles. The molecule has 7 amide bonds. The quantitative estimate of drug-likeness (QED) is 0.0166. The first-order valence-electron chi connectivity index (χ1n) is 26.9. The number of aliphatic hydroxyl groups is 5. The van der Waals surface area contributed by atoms with Gasteiger partial charge in [-0.2, -0.15) is 0 Å². The number of esters is 1. The van der Waals surface area contributed by atoms with Gasteiger partial charge in [-0.3, -0.25) is 38.4 Å². The molecule has 0 saturated carbocycles. The van der Waals surface area contributed by atoms with E-state index >= 15 is 0 Å². The Bertz CT molecular complexity index is 3270. The zero-order valence-electron chi connectivity index (χ0n) is 44.9. The van der Waals surface area contributed by atoms with Crippen LogP contribution in [0.1, 0.15) is 72.0 Å². The second-order valence-electron chi connectivity index (χ2n) is 20.5. The number of hydrogen-bond acceptors (Lipinski definition) is 21. The summed E-state index contributed by atoms with van der Waals surface area (Å²) in [5.74, 6) is -4.74. The Morgan fingerprint density at radius 2 is 1.55 bits per heavy atom. The van der Waals surface area contributed by atoms with Crippen LogP contribution in [0.5, 0.6) is 11.5 Å². The molecule has 0 spiro atoms. The minimum absolute atomic E-state index is 0.00677. The minimum atomic E-state index is -2.04. The van der Waals surface area contributed by atoms with E-state index in [1.165, 1.54) is 4.57 Å². The molecule has 1 fully saturated rings. The van der Waals surface area contributed by atoms with Gasteiger partial charge < -0.3 is 96.7 Å². The van der Waals surface area contributed by atoms with Gasteiger partial charge >= 0.3 is 5.97 Å². The zero-order valence-corrected chi connectivity index (χ0v) is 44.9. The summed E-state index contributed by atoms with van der Waals surface area (Å²) in [5.41, 5.74) is 7.90. The van der Waals surface area contributed by atoms with Crippen molar-refractivity contribution in [3.8, 4) is 22.9 Å². The maximum atomic E-state index is 14.0. The van der Waals surface area contributed by atoms with E-state index in [0.29, 0.717) is 57.9 Å². The van der Waals surface area contributed by atoms with Crippen molar-refractivity contribution in [3.05, 3.63) is 86.2 Å². The fraction of sp³-hybridized carbons (Fsp3) is 0.481. The highest BCUT2D eigenvalue weighted by Crippen LogP contribution is 2.50. The van der Waals surface area contributed by atoms with Crippen LogP contribution in [0.15, 0.2) is 47.3 Å². The second kappa shape index (κ2) is 25.5. The summed E-state index contributed by atoms with van der Waals surface area (Å²) in [4.78, 5) is 122. The number of aromatic nitrogens is 2. The van der Waals surface area contributed by atoms with Crippen molar-refractivity contribution in [3.63, 3.8) is 0 Å². The van der Waals surface area contributed by atoms with E-state index < -0.39 is 147 Å². The van der Waals surface area contributed by atoms with Crippen LogP contribution in [0.3, 0.4) is 0 Å². The first-order chi connectivity index (χ1) is 39.8. The number of nitrogens with one attached hydrogen (secondary N) is 7. The average Bonchev–Trinajstić information content (AvgIpc) is 2.35. The van der Waals surface area contributed by atoms with Crippen LogP contribution in [0.25, 0.3) is 22.3 Å². The molecule has 9 rings (SSSR count). The number of amides is 7. The van der Waals surface area contributed by atoms with Crippen molar-refractivity contribution in [1.29, 1.82) is 0 Å². The fourth-order valence-electron chi connectivity index (χ4n) is 10.7. The number of hydrogen-bond donors (Lipinski definition) is 13. The number of fused-ring (bicyclic) bond motifs is 7. The number of aliphatic hydroxyl groups excluding tert-OH is 4. The molecule has 0 unspecified atom stereocenters. The topological polar surface area (TPSA) is 429 Å². The van der Waals surface area contributed by atoms with Gasteiger partial charge in [0.2, 0.25) is 48.1 Å². The number of carbonyl (C=O) groups is 8. The van der Waals surface area contributed by atoms with Crippen molar-refractivity contribution >= 4 is 58.2 Å². The highest BCUT2D eigenvalue weighted by atomic mass is 16.7. The van der Waals surface area contributed by atoms with Crippen LogP contribution < -0.4 is 58.0 Å². The largest absolute Gasteiger partial charge is 0.458 e. The number of cyclic esters (lactones) is 1. The lowest BCUT2D eigenvalue weighted by Gasteiger charge is -2.40. The third kappa shape index (κ3) is 12.8. The van der Waals surface area contributed by atoms with Crippen LogP contribution in [0.4, 0.5) is 0 Å². The molecule has 6 heterocycles. The number of rotatable bonds is 23. The van der Waals surface area contributed by atoms with Gasteiger partial charge in [0.1, 0.15) is 56.5 Å². The van der Waals surface area contributed by atoms with Crippen molar-refractivity contribution in [2.45, 2.75) is 113 Å². The number of benzene rings is 2. The highest BCUT2D eigenvalue weighted by molar-refractivity contribution is 5.97. The summed E-state index contributed by atoms with van der Waals surface area (Å²) in [7, 11) is 0. The van der Waals surface area contributed by atoms with Gasteiger partial charge in [-0.1, -0.05) is 37.3 Å². The van der Waals surface area contributed by atoms with Gasteiger partial charge in [0.25, 0.3) is 5.56 Å². The SMILES string of the molecule is CC[C@@]1(O)C(=O)OCc2c1cc1n(c2=O)Cc2c-1nc1cc3c(c4c1c2[C@@H](NC(=O)COCNC(=O)CNC(=O)[C@H](Cc1ccccc1)NC(=O)CNC(=O)CNC(=O)[C@@H](N)CCC(=O)NC[C@@H]1O[C@H](CO)[C@@H](O)[C@H](O)[C@H]1O)CC4)OCO3. The third-order valence-electron chi connectivity index (χ3n) is 15.2. The lowest BCUT2D eigenvalue weighted by atomic mass is 9.82. The molecular formula is C54H64N10O19. The smallest absolute Gasteiger partial charge is 0.343 e. The van der Waals surface area contributed by atoms with E-state index in [0.717, 1.165) is 10.9 Å². The number of pyridine rings is 2. The summed E-state index contributed by atoms with van der Waals surface area (Å²) in [6, 6.07) is 8.92. The predicted molar refractivity (Wildman–Crippen MR) is 284 cm³/mol. The van der Waals surface area contributed by atoms with E-state index in [9.17, 15) is 68.7 Å². The van der Waals surface area contributed by atoms with Gasteiger partial charge in [0.05, 0.1) is 67.3 Å². The van der Waals surface area contributed by atoms with E-state index in [1.807, 2.05) is 0 Å². The number of nitrogens with two attached hydrogens (primary N) is 1. The molecule has 14 N–H and O–H groups in total. The first-order valence-corrected chi connectivity index (χ1v) is 26.9. The maximum absolute atomic E-state index is 14.0. The summed E-state index contributed by atoms with van der Waals surface area (Å²) in [6.45, 7) is -2.23. The Kier molecular flexibility index (Phi) is 18.3. The van der Waals surface area contributed by atoms with E-state index in [4.69, 9.17) is 34.4 Å². The van der Waals surface area contributed by atoms with E-state index in [1.54, 1.807) is 49.4 Å². The molecule has 1 saturated heterocycles. The van der Waals surface area contributed by atoms with Gasteiger partial charge in [0, 0.05) is 47.5 Å². The minimum Gasteiger partial charge on any atom is -0.458 e.